The molecule has 0 radical (unpaired) electrons. The third-order valence-electron chi connectivity index (χ3n) is 9.03. The number of rotatable bonds is 4. The summed E-state index contributed by atoms with van der Waals surface area (Å²) in [5.41, 5.74) is -0.742. The molecule has 38 heavy (non-hydrogen) atoms. The van der Waals surface area contributed by atoms with E-state index in [0.29, 0.717) is 6.42 Å². The van der Waals surface area contributed by atoms with Gasteiger partial charge in [-0.25, -0.2) is 9.69 Å². The Morgan fingerprint density at radius 2 is 1.26 bits per heavy atom. The zero-order valence-electron chi connectivity index (χ0n) is 26.5. The summed E-state index contributed by atoms with van der Waals surface area (Å²) >= 11 is 0. The standard InChI is InChI=1S/C28H53NO7Si2/c1-25(2,3)34-24(31)29-18-16-17(23(29)30)19(35-37(12,13)26(4,5)6)21-22(33-28(10,11)32-21)20(18)36-38(14,15)27(7,8)9/h17-22H,16H2,1-15H3/t17-,18+,19+,20-,21-,22-/m1/s1. The highest BCUT2D eigenvalue weighted by molar-refractivity contribution is 6.74. The van der Waals surface area contributed by atoms with Crippen LogP contribution in [0, 0.1) is 5.92 Å². The Kier molecular flexibility index (Phi) is 8.06. The summed E-state index contributed by atoms with van der Waals surface area (Å²) in [5.74, 6) is -1.71. The average Bonchev–Trinajstić information content (AvgIpc) is 3.14. The first-order chi connectivity index (χ1) is 16.8. The molecule has 2 saturated heterocycles. The fraction of sp³-hybridized carbons (Fsp3) is 0.929. The van der Waals surface area contributed by atoms with Gasteiger partial charge in [-0.1, -0.05) is 41.5 Å². The molecule has 2 amide bonds. The number of imide groups is 1. The number of amides is 2. The summed E-state index contributed by atoms with van der Waals surface area (Å²) in [6.07, 6.45) is -2.32. The summed E-state index contributed by atoms with van der Waals surface area (Å²) in [7, 11) is -4.68. The predicted molar refractivity (Wildman–Crippen MR) is 153 cm³/mol. The minimum absolute atomic E-state index is 0.0767. The van der Waals surface area contributed by atoms with E-state index >= 15 is 0 Å². The van der Waals surface area contributed by atoms with Gasteiger partial charge in [0.25, 0.3) is 0 Å². The molecule has 0 aromatic rings. The summed E-state index contributed by atoms with van der Waals surface area (Å²) in [5, 5.41) is -0.160. The molecule has 0 aromatic carbocycles. The van der Waals surface area contributed by atoms with E-state index in [9.17, 15) is 9.59 Å². The molecule has 0 unspecified atom stereocenters. The normalized spacial score (nSPS) is 32.3. The molecule has 2 bridgehead atoms. The number of ether oxygens (including phenoxy) is 3. The Morgan fingerprint density at radius 1 is 0.842 bits per heavy atom. The van der Waals surface area contributed by atoms with Gasteiger partial charge in [-0.05, 0) is 77.3 Å². The highest BCUT2D eigenvalue weighted by Gasteiger charge is 2.65. The molecular formula is C28H53NO7Si2. The minimum atomic E-state index is -2.35. The van der Waals surface area contributed by atoms with E-state index in [4.69, 9.17) is 23.1 Å². The number of hydrogen-bond donors (Lipinski definition) is 0. The Labute approximate surface area is 232 Å². The molecular weight excluding hydrogens is 518 g/mol. The van der Waals surface area contributed by atoms with Gasteiger partial charge < -0.3 is 23.1 Å². The maximum Gasteiger partial charge on any atom is 0.417 e. The third-order valence-corrected chi connectivity index (χ3v) is 18.0. The van der Waals surface area contributed by atoms with Crippen LogP contribution in [0.2, 0.25) is 36.3 Å². The second kappa shape index (κ2) is 9.65. The van der Waals surface area contributed by atoms with Gasteiger partial charge in [-0.3, -0.25) is 4.79 Å². The van der Waals surface area contributed by atoms with Crippen molar-refractivity contribution in [3.8, 4) is 0 Å². The Hall–Kier alpha value is -0.786. The molecule has 8 nitrogen and oxygen atoms in total. The molecule has 1 aliphatic carbocycles. The minimum Gasteiger partial charge on any atom is -0.443 e. The number of likely N-dealkylation sites (tertiary alicyclic amines) is 1. The Morgan fingerprint density at radius 3 is 1.68 bits per heavy atom. The number of carbonyl (C=O) groups is 2. The maximum atomic E-state index is 14.1. The van der Waals surface area contributed by atoms with Crippen molar-refractivity contribution in [1.29, 1.82) is 0 Å². The molecule has 0 spiro atoms. The first kappa shape index (κ1) is 31.7. The van der Waals surface area contributed by atoms with Crippen molar-refractivity contribution in [3.05, 3.63) is 0 Å². The van der Waals surface area contributed by atoms with E-state index in [1.165, 1.54) is 4.90 Å². The molecule has 10 heteroatoms. The molecule has 2 heterocycles. The lowest BCUT2D eigenvalue weighted by Crippen LogP contribution is -2.61. The van der Waals surface area contributed by atoms with Gasteiger partial charge in [0.2, 0.25) is 5.91 Å². The van der Waals surface area contributed by atoms with Crippen molar-refractivity contribution in [2.75, 3.05) is 0 Å². The summed E-state index contributed by atoms with van der Waals surface area (Å²) in [4.78, 5) is 28.9. The fourth-order valence-electron chi connectivity index (χ4n) is 5.00. The van der Waals surface area contributed by atoms with Crippen LogP contribution in [0.25, 0.3) is 0 Å². The van der Waals surface area contributed by atoms with Crippen LogP contribution >= 0.6 is 0 Å². The molecule has 0 N–H and O–H groups in total. The zero-order valence-corrected chi connectivity index (χ0v) is 28.5. The lowest BCUT2D eigenvalue weighted by Gasteiger charge is -2.45. The van der Waals surface area contributed by atoms with Gasteiger partial charge in [0, 0.05) is 0 Å². The highest BCUT2D eigenvalue weighted by atomic mass is 28.4. The van der Waals surface area contributed by atoms with Crippen LogP contribution in [-0.4, -0.2) is 75.4 Å². The van der Waals surface area contributed by atoms with Crippen molar-refractivity contribution in [1.82, 2.24) is 4.90 Å². The fourth-order valence-corrected chi connectivity index (χ4v) is 7.66. The van der Waals surface area contributed by atoms with Crippen LogP contribution in [-0.2, 0) is 27.9 Å². The van der Waals surface area contributed by atoms with Crippen LogP contribution in [0.15, 0.2) is 0 Å². The summed E-state index contributed by atoms with van der Waals surface area (Å²) in [6.45, 7) is 31.0. The van der Waals surface area contributed by atoms with Gasteiger partial charge in [0.1, 0.15) is 17.8 Å². The third kappa shape index (κ3) is 6.10. The SMILES string of the molecule is CC(C)(C)OC(=O)N1C(=O)[C@@H]2C[C@H]1[C@@H](O[Si](C)(C)C(C)(C)C)[C@H]1OC(C)(C)O[C@@H]1[C@H]2O[Si](C)(C)C(C)(C)C. The lowest BCUT2D eigenvalue weighted by molar-refractivity contribution is -0.164. The topological polar surface area (TPSA) is 83.5 Å². The van der Waals surface area contributed by atoms with Gasteiger partial charge in [0.15, 0.2) is 22.4 Å². The second-order valence-electron chi connectivity index (χ2n) is 15.8. The summed E-state index contributed by atoms with van der Waals surface area (Å²) in [6, 6.07) is -0.533. The lowest BCUT2D eigenvalue weighted by atomic mass is 9.96. The second-order valence-corrected chi connectivity index (χ2v) is 25.4. The average molecular weight is 572 g/mol. The van der Waals surface area contributed by atoms with E-state index in [2.05, 4.69) is 67.7 Å². The first-order valence-electron chi connectivity index (χ1n) is 14.1. The van der Waals surface area contributed by atoms with Crippen LogP contribution in [0.4, 0.5) is 4.79 Å². The van der Waals surface area contributed by atoms with Crippen molar-refractivity contribution < 1.29 is 32.7 Å². The van der Waals surface area contributed by atoms with Crippen molar-refractivity contribution in [2.24, 2.45) is 5.92 Å². The van der Waals surface area contributed by atoms with Crippen LogP contribution in [0.3, 0.4) is 0 Å². The Balaban J connectivity index is 2.16. The van der Waals surface area contributed by atoms with Crippen molar-refractivity contribution in [3.63, 3.8) is 0 Å². The number of hydrogen-bond acceptors (Lipinski definition) is 7. The van der Waals surface area contributed by atoms with Crippen LogP contribution in [0.1, 0.15) is 82.6 Å². The molecule has 0 aromatic heterocycles. The largest absolute Gasteiger partial charge is 0.443 e. The zero-order chi connectivity index (χ0) is 29.4. The van der Waals surface area contributed by atoms with E-state index < -0.39 is 70.5 Å². The summed E-state index contributed by atoms with van der Waals surface area (Å²) < 4.78 is 32.9. The molecule has 6 atom stereocenters. The molecule has 3 aliphatic rings. The number of fused-ring (bicyclic) bond motifs is 3. The molecule has 3 fully saturated rings. The molecule has 3 rings (SSSR count). The van der Waals surface area contributed by atoms with Crippen LogP contribution in [0.5, 0.6) is 0 Å². The van der Waals surface area contributed by atoms with Gasteiger partial charge in [0.05, 0.1) is 24.2 Å². The van der Waals surface area contributed by atoms with E-state index in [0.717, 1.165) is 0 Å². The van der Waals surface area contributed by atoms with Gasteiger partial charge >= 0.3 is 6.09 Å². The molecule has 220 valence electrons. The van der Waals surface area contributed by atoms with E-state index in [1.807, 2.05) is 34.6 Å². The predicted octanol–water partition coefficient (Wildman–Crippen LogP) is 6.45. The monoisotopic (exact) mass is 571 g/mol. The number of nitrogens with zero attached hydrogens (tertiary/aromatic N) is 1. The maximum absolute atomic E-state index is 14.1. The van der Waals surface area contributed by atoms with Gasteiger partial charge in [-0.15, -0.1) is 0 Å². The Bertz CT molecular complexity index is 929. The molecule has 1 saturated carbocycles. The smallest absolute Gasteiger partial charge is 0.417 e. The van der Waals surface area contributed by atoms with E-state index in [1.54, 1.807) is 0 Å². The van der Waals surface area contributed by atoms with Crippen molar-refractivity contribution >= 4 is 28.6 Å². The number of carbonyl (C=O) groups excluding carboxylic acids is 2. The molecule has 2 aliphatic heterocycles. The highest BCUT2D eigenvalue weighted by Crippen LogP contribution is 2.50. The van der Waals surface area contributed by atoms with Gasteiger partial charge in [-0.2, -0.15) is 0 Å². The van der Waals surface area contributed by atoms with E-state index in [-0.39, 0.29) is 16.0 Å². The van der Waals surface area contributed by atoms with Crippen LogP contribution < -0.4 is 0 Å². The van der Waals surface area contributed by atoms with Crippen molar-refractivity contribution in [2.45, 2.75) is 161 Å². The quantitative estimate of drug-likeness (QED) is 0.358. The first-order valence-corrected chi connectivity index (χ1v) is 19.9.